The van der Waals surface area contributed by atoms with Gasteiger partial charge in [-0.15, -0.1) is 0 Å². The Morgan fingerprint density at radius 2 is 1.48 bits per heavy atom. The molecule has 0 spiro atoms. The average Bonchev–Trinajstić information content (AvgIpc) is 2.36. The van der Waals surface area contributed by atoms with Crippen molar-refractivity contribution in [2.24, 2.45) is 0 Å². The molecule has 126 valence electrons. The summed E-state index contributed by atoms with van der Waals surface area (Å²) in [6.45, 7) is 8.21. The fraction of sp³-hybridized carbons (Fsp3) is 0.438. The Kier molecular flexibility index (Phi) is 6.12. The molecular weight excluding hydrogens is 302 g/mol. The molecule has 0 aliphatic rings. The van der Waals surface area contributed by atoms with E-state index in [1.165, 1.54) is 12.1 Å². The summed E-state index contributed by atoms with van der Waals surface area (Å²) in [5.74, 6) is -1.26. The van der Waals surface area contributed by atoms with E-state index in [0.717, 1.165) is 0 Å². The third-order valence-corrected chi connectivity index (χ3v) is 2.66. The second-order valence-corrected chi connectivity index (χ2v) is 5.53. The first-order valence-corrected chi connectivity index (χ1v) is 7.18. The number of aryl methyl sites for hydroxylation is 1. The summed E-state index contributed by atoms with van der Waals surface area (Å²) in [6.07, 6.45) is -2.93. The summed E-state index contributed by atoms with van der Waals surface area (Å²) in [6, 6.07) is 4.32. The van der Waals surface area contributed by atoms with E-state index in [1.54, 1.807) is 40.7 Å². The molecule has 0 bridgehead atoms. The van der Waals surface area contributed by atoms with Gasteiger partial charge in [-0.1, -0.05) is 6.07 Å². The fourth-order valence-electron chi connectivity index (χ4n) is 1.79. The van der Waals surface area contributed by atoms with Gasteiger partial charge in [-0.2, -0.15) is 4.90 Å². The van der Waals surface area contributed by atoms with Crippen LogP contribution in [0.15, 0.2) is 18.2 Å². The van der Waals surface area contributed by atoms with Crippen molar-refractivity contribution in [3.63, 3.8) is 0 Å². The number of benzene rings is 1. The molecule has 23 heavy (non-hydrogen) atoms. The fourth-order valence-corrected chi connectivity index (χ4v) is 1.79. The number of amides is 2. The number of rotatable bonds is 4. The van der Waals surface area contributed by atoms with Crippen LogP contribution in [0, 0.1) is 6.92 Å². The molecule has 0 unspecified atom stereocenters. The van der Waals surface area contributed by atoms with Gasteiger partial charge in [-0.3, -0.25) is 0 Å². The standard InChI is InChI=1S/C16H21NO6/c1-9(2)22-15(20)17(16(21)23-10(3)4)13-8-11(5)6-7-12(13)14(18)19/h6-10H,1-5H3,(H,18,19). The maximum absolute atomic E-state index is 12.3. The van der Waals surface area contributed by atoms with Gasteiger partial charge < -0.3 is 14.6 Å². The van der Waals surface area contributed by atoms with E-state index in [1.807, 2.05) is 0 Å². The largest absolute Gasteiger partial charge is 0.478 e. The van der Waals surface area contributed by atoms with Crippen LogP contribution in [0.5, 0.6) is 0 Å². The first kappa shape index (κ1) is 18.5. The van der Waals surface area contributed by atoms with Crippen LogP contribution < -0.4 is 4.90 Å². The lowest BCUT2D eigenvalue weighted by atomic mass is 10.1. The number of carboxylic acids is 1. The predicted molar refractivity (Wildman–Crippen MR) is 83.9 cm³/mol. The zero-order valence-corrected chi connectivity index (χ0v) is 13.8. The van der Waals surface area contributed by atoms with Crippen LogP contribution in [0.1, 0.15) is 43.6 Å². The number of hydrogen-bond donors (Lipinski definition) is 1. The average molecular weight is 323 g/mol. The van der Waals surface area contributed by atoms with Crippen LogP contribution in [0.25, 0.3) is 0 Å². The second-order valence-electron chi connectivity index (χ2n) is 5.53. The van der Waals surface area contributed by atoms with Gasteiger partial charge in [0.15, 0.2) is 0 Å². The van der Waals surface area contributed by atoms with Crippen LogP contribution in [0.2, 0.25) is 0 Å². The molecule has 0 atom stereocenters. The van der Waals surface area contributed by atoms with Crippen LogP contribution in [-0.2, 0) is 9.47 Å². The SMILES string of the molecule is Cc1ccc(C(=O)O)c(N(C(=O)OC(C)C)C(=O)OC(C)C)c1. The Morgan fingerprint density at radius 3 is 1.87 bits per heavy atom. The Labute approximate surface area is 134 Å². The number of hydrogen-bond acceptors (Lipinski definition) is 5. The summed E-state index contributed by atoms with van der Waals surface area (Å²) < 4.78 is 10.1. The van der Waals surface area contributed by atoms with Crippen LogP contribution in [0.3, 0.4) is 0 Å². The van der Waals surface area contributed by atoms with Crippen molar-refractivity contribution < 1.29 is 29.0 Å². The van der Waals surface area contributed by atoms with Crippen molar-refractivity contribution in [1.29, 1.82) is 0 Å². The highest BCUT2D eigenvalue weighted by Gasteiger charge is 2.31. The van der Waals surface area contributed by atoms with E-state index in [0.29, 0.717) is 10.5 Å². The monoisotopic (exact) mass is 323 g/mol. The molecule has 7 heteroatoms. The van der Waals surface area contributed by atoms with Gasteiger partial charge >= 0.3 is 18.2 Å². The smallest absolute Gasteiger partial charge is 0.424 e. The van der Waals surface area contributed by atoms with Crippen LogP contribution in [0.4, 0.5) is 15.3 Å². The molecule has 1 aromatic carbocycles. The molecule has 0 fully saturated rings. The molecule has 0 saturated carbocycles. The number of imide groups is 1. The summed E-state index contributed by atoms with van der Waals surface area (Å²) in [4.78, 5) is 36.6. The number of carbonyl (C=O) groups excluding carboxylic acids is 2. The minimum absolute atomic E-state index is 0.0891. The van der Waals surface area contributed by atoms with Gasteiger partial charge in [-0.25, -0.2) is 14.4 Å². The maximum atomic E-state index is 12.3. The second kappa shape index (κ2) is 7.62. The highest BCUT2D eigenvalue weighted by atomic mass is 16.6. The van der Waals surface area contributed by atoms with E-state index in [-0.39, 0.29) is 11.3 Å². The van der Waals surface area contributed by atoms with E-state index < -0.39 is 30.4 Å². The molecule has 0 saturated heterocycles. The Hall–Kier alpha value is -2.57. The normalized spacial score (nSPS) is 10.6. The number of nitrogens with zero attached hydrogens (tertiary/aromatic N) is 1. The molecule has 1 aromatic rings. The first-order chi connectivity index (χ1) is 10.6. The van der Waals surface area contributed by atoms with Crippen molar-refractivity contribution in [2.45, 2.75) is 46.8 Å². The Balaban J connectivity index is 3.39. The molecule has 0 aliphatic carbocycles. The lowest BCUT2D eigenvalue weighted by molar-refractivity contribution is 0.0697. The van der Waals surface area contributed by atoms with Crippen molar-refractivity contribution in [3.05, 3.63) is 29.3 Å². The number of ether oxygens (including phenoxy) is 2. The topological polar surface area (TPSA) is 93.1 Å². The summed E-state index contributed by atoms with van der Waals surface area (Å²) in [7, 11) is 0. The minimum atomic E-state index is -1.26. The van der Waals surface area contributed by atoms with Gasteiger partial charge in [0.1, 0.15) is 0 Å². The van der Waals surface area contributed by atoms with E-state index in [2.05, 4.69) is 0 Å². The number of aromatic carboxylic acids is 1. The molecule has 0 aromatic heterocycles. The molecule has 1 rings (SSSR count). The quantitative estimate of drug-likeness (QED) is 0.910. The molecule has 0 radical (unpaired) electrons. The zero-order chi connectivity index (χ0) is 17.7. The highest BCUT2D eigenvalue weighted by Crippen LogP contribution is 2.25. The molecule has 7 nitrogen and oxygen atoms in total. The number of carbonyl (C=O) groups is 3. The summed E-state index contributed by atoms with van der Waals surface area (Å²) >= 11 is 0. The van der Waals surface area contributed by atoms with Gasteiger partial charge in [0, 0.05) is 0 Å². The predicted octanol–water partition coefficient (Wildman–Crippen LogP) is 3.59. The first-order valence-electron chi connectivity index (χ1n) is 7.18. The van der Waals surface area contributed by atoms with Crippen LogP contribution >= 0.6 is 0 Å². The lowest BCUT2D eigenvalue weighted by Gasteiger charge is -2.23. The summed E-state index contributed by atoms with van der Waals surface area (Å²) in [5.41, 5.74) is 0.399. The Bertz CT molecular complexity index is 587. The molecular formula is C16H21NO6. The number of anilines is 1. The van der Waals surface area contributed by atoms with Crippen molar-refractivity contribution >= 4 is 23.8 Å². The van der Waals surface area contributed by atoms with Gasteiger partial charge in [0.05, 0.1) is 23.5 Å². The lowest BCUT2D eigenvalue weighted by Crippen LogP contribution is -2.41. The molecule has 1 N–H and O–H groups in total. The summed E-state index contributed by atoms with van der Waals surface area (Å²) in [5, 5.41) is 9.30. The van der Waals surface area contributed by atoms with E-state index in [4.69, 9.17) is 9.47 Å². The molecule has 0 heterocycles. The van der Waals surface area contributed by atoms with E-state index in [9.17, 15) is 19.5 Å². The third-order valence-electron chi connectivity index (χ3n) is 2.66. The van der Waals surface area contributed by atoms with Crippen molar-refractivity contribution in [3.8, 4) is 0 Å². The van der Waals surface area contributed by atoms with Crippen molar-refractivity contribution in [2.75, 3.05) is 4.90 Å². The van der Waals surface area contributed by atoms with Gasteiger partial charge in [0.2, 0.25) is 0 Å². The van der Waals surface area contributed by atoms with Gasteiger partial charge in [-0.05, 0) is 52.3 Å². The van der Waals surface area contributed by atoms with E-state index >= 15 is 0 Å². The third kappa shape index (κ3) is 4.98. The Morgan fingerprint density at radius 1 is 1.00 bits per heavy atom. The zero-order valence-electron chi connectivity index (χ0n) is 13.8. The maximum Gasteiger partial charge on any atom is 0.424 e. The molecule has 2 amide bonds. The van der Waals surface area contributed by atoms with Crippen molar-refractivity contribution in [1.82, 2.24) is 0 Å². The van der Waals surface area contributed by atoms with Gasteiger partial charge in [0.25, 0.3) is 0 Å². The minimum Gasteiger partial charge on any atom is -0.478 e. The number of carboxylic acid groups (broad SMARTS) is 1. The van der Waals surface area contributed by atoms with Crippen LogP contribution in [-0.4, -0.2) is 35.5 Å². The molecule has 0 aliphatic heterocycles. The highest BCUT2D eigenvalue weighted by molar-refractivity contribution is 6.13.